The molecule has 7 nitrogen and oxygen atoms in total. The number of nitrogens with zero attached hydrogens (tertiary/aromatic N) is 6. The number of hydrogen-bond acceptors (Lipinski definition) is 8. The Labute approximate surface area is 145 Å². The lowest BCUT2D eigenvalue weighted by Gasteiger charge is -2.01. The fourth-order valence-electron chi connectivity index (χ4n) is 2.07. The van der Waals surface area contributed by atoms with Crippen LogP contribution in [0.15, 0.2) is 57.7 Å². The van der Waals surface area contributed by atoms with Gasteiger partial charge >= 0.3 is 0 Å². The summed E-state index contributed by atoms with van der Waals surface area (Å²) in [5.41, 5.74) is 1.87. The van der Waals surface area contributed by atoms with Gasteiger partial charge in [0.1, 0.15) is 17.3 Å². The van der Waals surface area contributed by atoms with Gasteiger partial charge in [0.25, 0.3) is 0 Å². The van der Waals surface area contributed by atoms with Crippen molar-refractivity contribution < 1.29 is 4.42 Å². The lowest BCUT2D eigenvalue weighted by atomic mass is 10.4. The Kier molecular flexibility index (Phi) is 4.34. The van der Waals surface area contributed by atoms with Gasteiger partial charge in [-0.15, -0.1) is 16.4 Å². The fourth-order valence-corrected chi connectivity index (χ4v) is 3.74. The Morgan fingerprint density at radius 1 is 1.21 bits per heavy atom. The quantitative estimate of drug-likeness (QED) is 0.491. The SMILES string of the molecule is c1ccc(-c2nc(CSc3nnnn3Cc3ccco3)cs2)nc1. The monoisotopic (exact) mass is 356 g/mol. The highest BCUT2D eigenvalue weighted by molar-refractivity contribution is 7.98. The van der Waals surface area contributed by atoms with E-state index >= 15 is 0 Å². The predicted octanol–water partition coefficient (Wildman–Crippen LogP) is 3.13. The number of thioether (sulfide) groups is 1. The van der Waals surface area contributed by atoms with E-state index in [1.54, 1.807) is 40.2 Å². The molecule has 0 amide bonds. The van der Waals surface area contributed by atoms with Crippen LogP contribution in [-0.4, -0.2) is 30.2 Å². The Balaban J connectivity index is 1.43. The molecule has 0 bridgehead atoms. The molecule has 4 aromatic heterocycles. The van der Waals surface area contributed by atoms with Gasteiger partial charge in [-0.2, -0.15) is 0 Å². The maximum Gasteiger partial charge on any atom is 0.210 e. The molecule has 4 heterocycles. The Morgan fingerprint density at radius 3 is 3.04 bits per heavy atom. The molecule has 0 unspecified atom stereocenters. The minimum absolute atomic E-state index is 0.512. The maximum atomic E-state index is 5.33. The molecule has 0 aromatic carbocycles. The van der Waals surface area contributed by atoms with Crippen molar-refractivity contribution >= 4 is 23.1 Å². The van der Waals surface area contributed by atoms with Crippen molar-refractivity contribution in [2.45, 2.75) is 17.5 Å². The topological polar surface area (TPSA) is 82.5 Å². The summed E-state index contributed by atoms with van der Waals surface area (Å²) in [5.74, 6) is 1.51. The number of hydrogen-bond donors (Lipinski definition) is 0. The zero-order chi connectivity index (χ0) is 16.2. The van der Waals surface area contributed by atoms with E-state index in [-0.39, 0.29) is 0 Å². The van der Waals surface area contributed by atoms with E-state index in [4.69, 9.17) is 4.42 Å². The van der Waals surface area contributed by atoms with Crippen molar-refractivity contribution in [3.8, 4) is 10.7 Å². The highest BCUT2D eigenvalue weighted by Crippen LogP contribution is 2.26. The molecule has 0 aliphatic heterocycles. The average Bonchev–Trinajstić information content (AvgIpc) is 3.37. The van der Waals surface area contributed by atoms with Crippen LogP contribution in [-0.2, 0) is 12.3 Å². The van der Waals surface area contributed by atoms with Gasteiger partial charge in [0, 0.05) is 17.3 Å². The number of rotatable bonds is 6. The minimum atomic E-state index is 0.512. The molecule has 0 aliphatic carbocycles. The van der Waals surface area contributed by atoms with E-state index in [9.17, 15) is 0 Å². The molecule has 4 rings (SSSR count). The molecule has 4 aromatic rings. The van der Waals surface area contributed by atoms with Crippen LogP contribution in [0.1, 0.15) is 11.5 Å². The van der Waals surface area contributed by atoms with Crippen LogP contribution in [0, 0.1) is 0 Å². The zero-order valence-electron chi connectivity index (χ0n) is 12.4. The van der Waals surface area contributed by atoms with Gasteiger partial charge in [-0.1, -0.05) is 17.8 Å². The Bertz CT molecular complexity index is 903. The first-order chi connectivity index (χ1) is 11.9. The second kappa shape index (κ2) is 6.93. The van der Waals surface area contributed by atoms with E-state index in [1.165, 1.54) is 0 Å². The van der Waals surface area contributed by atoms with Gasteiger partial charge < -0.3 is 4.42 Å². The normalized spacial score (nSPS) is 11.0. The van der Waals surface area contributed by atoms with Crippen LogP contribution in [0.25, 0.3) is 10.7 Å². The van der Waals surface area contributed by atoms with Gasteiger partial charge in [0.2, 0.25) is 5.16 Å². The molecule has 0 saturated heterocycles. The van der Waals surface area contributed by atoms with Gasteiger partial charge in [0.15, 0.2) is 0 Å². The molecule has 9 heteroatoms. The summed E-state index contributed by atoms with van der Waals surface area (Å²) < 4.78 is 7.05. The Morgan fingerprint density at radius 2 is 2.21 bits per heavy atom. The predicted molar refractivity (Wildman–Crippen MR) is 90.5 cm³/mol. The molecule has 0 spiro atoms. The third-order valence-electron chi connectivity index (χ3n) is 3.17. The summed E-state index contributed by atoms with van der Waals surface area (Å²) in [6.07, 6.45) is 3.41. The number of aromatic nitrogens is 6. The summed E-state index contributed by atoms with van der Waals surface area (Å²) in [4.78, 5) is 8.95. The van der Waals surface area contributed by atoms with E-state index in [2.05, 4.69) is 25.5 Å². The first-order valence-corrected chi connectivity index (χ1v) is 9.02. The summed E-state index contributed by atoms with van der Waals surface area (Å²) in [5, 5.41) is 15.5. The highest BCUT2D eigenvalue weighted by atomic mass is 32.2. The van der Waals surface area contributed by atoms with Crippen molar-refractivity contribution in [1.82, 2.24) is 30.2 Å². The van der Waals surface area contributed by atoms with Crippen molar-refractivity contribution in [3.63, 3.8) is 0 Å². The maximum absolute atomic E-state index is 5.33. The van der Waals surface area contributed by atoms with Gasteiger partial charge in [-0.3, -0.25) is 4.98 Å². The van der Waals surface area contributed by atoms with Crippen molar-refractivity contribution in [2.75, 3.05) is 0 Å². The van der Waals surface area contributed by atoms with Crippen molar-refractivity contribution in [3.05, 3.63) is 59.6 Å². The molecular weight excluding hydrogens is 344 g/mol. The first-order valence-electron chi connectivity index (χ1n) is 7.15. The summed E-state index contributed by atoms with van der Waals surface area (Å²) in [6.45, 7) is 0.512. The van der Waals surface area contributed by atoms with Crippen LogP contribution in [0.4, 0.5) is 0 Å². The van der Waals surface area contributed by atoms with E-state index in [0.717, 1.165) is 27.3 Å². The second-order valence-corrected chi connectivity index (χ2v) is 6.65. The molecule has 120 valence electrons. The smallest absolute Gasteiger partial charge is 0.210 e. The van der Waals surface area contributed by atoms with Crippen molar-refractivity contribution in [1.29, 1.82) is 0 Å². The van der Waals surface area contributed by atoms with Crippen LogP contribution in [0.3, 0.4) is 0 Å². The van der Waals surface area contributed by atoms with E-state index in [0.29, 0.717) is 12.3 Å². The molecule has 0 N–H and O–H groups in total. The lowest BCUT2D eigenvalue weighted by Crippen LogP contribution is -2.03. The number of thiazole rings is 1. The lowest BCUT2D eigenvalue weighted by molar-refractivity contribution is 0.462. The third-order valence-corrected chi connectivity index (χ3v) is 5.07. The zero-order valence-corrected chi connectivity index (χ0v) is 14.1. The average molecular weight is 356 g/mol. The largest absolute Gasteiger partial charge is 0.467 e. The third kappa shape index (κ3) is 3.36. The van der Waals surface area contributed by atoms with Gasteiger partial charge in [-0.05, 0) is 34.7 Å². The molecule has 0 atom stereocenters. The second-order valence-electron chi connectivity index (χ2n) is 4.85. The molecule has 0 aliphatic rings. The Hall–Kier alpha value is -2.52. The van der Waals surface area contributed by atoms with Crippen LogP contribution < -0.4 is 0 Å². The summed E-state index contributed by atoms with van der Waals surface area (Å²) >= 11 is 3.13. The summed E-state index contributed by atoms with van der Waals surface area (Å²) in [7, 11) is 0. The first kappa shape index (κ1) is 15.0. The van der Waals surface area contributed by atoms with E-state index < -0.39 is 0 Å². The van der Waals surface area contributed by atoms with Crippen molar-refractivity contribution in [2.24, 2.45) is 0 Å². The van der Waals surface area contributed by atoms with E-state index in [1.807, 2.05) is 35.7 Å². The van der Waals surface area contributed by atoms with Crippen LogP contribution >= 0.6 is 23.1 Å². The number of furan rings is 1. The molecule has 0 saturated carbocycles. The van der Waals surface area contributed by atoms with Gasteiger partial charge in [-0.25, -0.2) is 9.67 Å². The fraction of sp³-hybridized carbons (Fsp3) is 0.133. The number of pyridine rings is 1. The minimum Gasteiger partial charge on any atom is -0.467 e. The standard InChI is InChI=1S/C15H12N6OS2/c1-2-6-16-13(5-1)14-17-11(9-23-14)10-24-15-18-19-20-21(15)8-12-4-3-7-22-12/h1-7,9H,8,10H2. The molecule has 0 radical (unpaired) electrons. The summed E-state index contributed by atoms with van der Waals surface area (Å²) in [6, 6.07) is 9.56. The number of tetrazole rings is 1. The van der Waals surface area contributed by atoms with Crippen LogP contribution in [0.2, 0.25) is 0 Å². The van der Waals surface area contributed by atoms with Gasteiger partial charge in [0.05, 0.1) is 17.7 Å². The van der Waals surface area contributed by atoms with Crippen LogP contribution in [0.5, 0.6) is 0 Å². The highest BCUT2D eigenvalue weighted by Gasteiger charge is 2.11. The molecule has 0 fully saturated rings. The molecular formula is C15H12N6OS2. The molecule has 24 heavy (non-hydrogen) atoms.